The van der Waals surface area contributed by atoms with Crippen LogP contribution in [-0.4, -0.2) is 41.6 Å². The van der Waals surface area contributed by atoms with Crippen molar-refractivity contribution in [2.75, 3.05) is 31.2 Å². The molecule has 1 aliphatic rings. The van der Waals surface area contributed by atoms with E-state index in [4.69, 9.17) is 15.7 Å². The number of nitrogens with zero attached hydrogens (tertiary/aromatic N) is 4. The van der Waals surface area contributed by atoms with E-state index in [-0.39, 0.29) is 16.7 Å². The lowest BCUT2D eigenvalue weighted by atomic mass is 10.1. The summed E-state index contributed by atoms with van der Waals surface area (Å²) in [5, 5.41) is 9.13. The molecule has 1 fully saturated rings. The van der Waals surface area contributed by atoms with Crippen molar-refractivity contribution in [2.45, 2.75) is 6.92 Å². The number of nitriles is 1. The van der Waals surface area contributed by atoms with Crippen LogP contribution in [0.15, 0.2) is 28.7 Å². The van der Waals surface area contributed by atoms with Gasteiger partial charge in [-0.3, -0.25) is 14.0 Å². The highest BCUT2D eigenvalue weighted by Crippen LogP contribution is 2.21. The summed E-state index contributed by atoms with van der Waals surface area (Å²) in [6, 6.07) is 5.34. The van der Waals surface area contributed by atoms with Gasteiger partial charge in [-0.1, -0.05) is 6.07 Å². The van der Waals surface area contributed by atoms with Crippen molar-refractivity contribution in [3.05, 3.63) is 45.4 Å². The number of morpholine rings is 1. The van der Waals surface area contributed by atoms with Crippen molar-refractivity contribution >= 4 is 23.4 Å². The van der Waals surface area contributed by atoms with Crippen LogP contribution in [0.5, 0.6) is 0 Å². The second kappa shape index (κ2) is 6.75. The number of nitrogens with two attached hydrogens (primary N) is 1. The van der Waals surface area contributed by atoms with Gasteiger partial charge in [0.2, 0.25) is 0 Å². The molecule has 2 aromatic heterocycles. The molecule has 1 amide bonds. The van der Waals surface area contributed by atoms with E-state index in [1.165, 1.54) is 10.5 Å². The zero-order valence-electron chi connectivity index (χ0n) is 13.7. The van der Waals surface area contributed by atoms with Crippen LogP contribution < -0.4 is 16.2 Å². The first-order valence-corrected chi connectivity index (χ1v) is 7.79. The van der Waals surface area contributed by atoms with Crippen LogP contribution in [0.3, 0.4) is 0 Å². The van der Waals surface area contributed by atoms with Gasteiger partial charge in [0.15, 0.2) is 0 Å². The van der Waals surface area contributed by atoms with E-state index in [9.17, 15) is 9.59 Å². The van der Waals surface area contributed by atoms with Crippen molar-refractivity contribution in [2.24, 2.45) is 5.73 Å². The number of amides is 1. The molecular weight excluding hydrogens is 322 g/mol. The molecule has 0 atom stereocenters. The number of primary amides is 1. The summed E-state index contributed by atoms with van der Waals surface area (Å²) in [5.41, 5.74) is 6.12. The Kier molecular flexibility index (Phi) is 4.50. The predicted octanol–water partition coefficient (Wildman–Crippen LogP) is 0.232. The number of carbonyl (C=O) groups excluding carboxylic acids is 1. The summed E-state index contributed by atoms with van der Waals surface area (Å²) >= 11 is 0. The lowest BCUT2D eigenvalue weighted by Gasteiger charge is -2.29. The van der Waals surface area contributed by atoms with Gasteiger partial charge >= 0.3 is 0 Å². The van der Waals surface area contributed by atoms with Crippen LogP contribution in [0.4, 0.5) is 5.82 Å². The molecule has 0 saturated carbocycles. The third kappa shape index (κ3) is 3.09. The smallest absolute Gasteiger partial charge is 0.267 e. The Morgan fingerprint density at radius 1 is 1.44 bits per heavy atom. The fourth-order valence-electron chi connectivity index (χ4n) is 2.75. The maximum Gasteiger partial charge on any atom is 0.267 e. The Morgan fingerprint density at radius 3 is 2.80 bits per heavy atom. The highest BCUT2D eigenvalue weighted by molar-refractivity contribution is 6.01. The van der Waals surface area contributed by atoms with Crippen molar-refractivity contribution in [1.82, 2.24) is 9.38 Å². The first-order valence-electron chi connectivity index (χ1n) is 7.79. The highest BCUT2D eigenvalue weighted by Gasteiger charge is 2.21. The van der Waals surface area contributed by atoms with Gasteiger partial charge in [-0.15, -0.1) is 0 Å². The number of rotatable bonds is 3. The lowest BCUT2D eigenvalue weighted by Crippen LogP contribution is -2.38. The van der Waals surface area contributed by atoms with Crippen LogP contribution in [-0.2, 0) is 9.53 Å². The standard InChI is InChI=1S/C17H17N5O3/c1-11-3-2-4-22-15(11)20-16(21-5-7-25-8-6-21)13(17(22)24)9-12(10-18)14(19)23/h2-4,9H,5-8H2,1H3,(H2,19,23). The summed E-state index contributed by atoms with van der Waals surface area (Å²) in [5.74, 6) is -0.458. The first-order chi connectivity index (χ1) is 12.0. The number of hydrogen-bond donors (Lipinski definition) is 1. The summed E-state index contributed by atoms with van der Waals surface area (Å²) in [6.07, 6.45) is 2.83. The molecule has 0 spiro atoms. The topological polar surface area (TPSA) is 114 Å². The number of aryl methyl sites for hydroxylation is 1. The van der Waals surface area contributed by atoms with Gasteiger partial charge in [0.25, 0.3) is 11.5 Å². The fraction of sp³-hybridized carbons (Fsp3) is 0.294. The zero-order chi connectivity index (χ0) is 18.0. The maximum atomic E-state index is 13.0. The molecule has 3 rings (SSSR count). The zero-order valence-corrected chi connectivity index (χ0v) is 13.7. The number of hydrogen-bond acceptors (Lipinski definition) is 6. The minimum absolute atomic E-state index is 0.167. The fourth-order valence-corrected chi connectivity index (χ4v) is 2.75. The average molecular weight is 339 g/mol. The third-order valence-electron chi connectivity index (χ3n) is 4.05. The van der Waals surface area contributed by atoms with E-state index in [1.54, 1.807) is 18.3 Å². The molecule has 0 aliphatic carbocycles. The number of aromatic nitrogens is 2. The van der Waals surface area contributed by atoms with Gasteiger partial charge in [0.1, 0.15) is 23.1 Å². The van der Waals surface area contributed by atoms with Crippen LogP contribution in [0, 0.1) is 18.3 Å². The molecule has 0 bridgehead atoms. The average Bonchev–Trinajstić information content (AvgIpc) is 2.62. The number of anilines is 1. The molecule has 25 heavy (non-hydrogen) atoms. The van der Waals surface area contributed by atoms with Crippen LogP contribution in [0.25, 0.3) is 11.7 Å². The van der Waals surface area contributed by atoms with Gasteiger partial charge in [-0.05, 0) is 24.6 Å². The quantitative estimate of drug-likeness (QED) is 0.632. The molecule has 8 heteroatoms. The number of ether oxygens (including phenoxy) is 1. The van der Waals surface area contributed by atoms with Gasteiger partial charge in [0.05, 0.1) is 18.8 Å². The van der Waals surface area contributed by atoms with Gasteiger partial charge in [0, 0.05) is 19.3 Å². The van der Waals surface area contributed by atoms with Gasteiger partial charge < -0.3 is 15.4 Å². The second-order valence-electron chi connectivity index (χ2n) is 5.67. The molecule has 1 saturated heterocycles. The lowest BCUT2D eigenvalue weighted by molar-refractivity contribution is -0.114. The Bertz CT molecular complexity index is 965. The third-order valence-corrected chi connectivity index (χ3v) is 4.05. The molecular formula is C17H17N5O3. The SMILES string of the molecule is Cc1cccn2c(=O)c(C=C(C#N)C(N)=O)c(N3CCOCC3)nc12. The Hall–Kier alpha value is -3.18. The molecule has 2 N–H and O–H groups in total. The van der Waals surface area contributed by atoms with Crippen molar-refractivity contribution in [1.29, 1.82) is 5.26 Å². The molecule has 3 heterocycles. The van der Waals surface area contributed by atoms with Crippen molar-refractivity contribution in [3.8, 4) is 6.07 Å². The summed E-state index contributed by atoms with van der Waals surface area (Å²) < 4.78 is 6.75. The van der Waals surface area contributed by atoms with E-state index >= 15 is 0 Å². The minimum Gasteiger partial charge on any atom is -0.378 e. The largest absolute Gasteiger partial charge is 0.378 e. The Balaban J connectivity index is 2.32. The highest BCUT2D eigenvalue weighted by atomic mass is 16.5. The summed E-state index contributed by atoms with van der Waals surface area (Å²) in [7, 11) is 0. The second-order valence-corrected chi connectivity index (χ2v) is 5.67. The normalized spacial score (nSPS) is 15.2. The van der Waals surface area contributed by atoms with Gasteiger partial charge in [-0.2, -0.15) is 5.26 Å². The van der Waals surface area contributed by atoms with Crippen LogP contribution >= 0.6 is 0 Å². The monoisotopic (exact) mass is 339 g/mol. The molecule has 1 aliphatic heterocycles. The number of pyridine rings is 1. The van der Waals surface area contributed by atoms with E-state index in [2.05, 4.69) is 4.98 Å². The van der Waals surface area contributed by atoms with Crippen molar-refractivity contribution in [3.63, 3.8) is 0 Å². The van der Waals surface area contributed by atoms with Crippen molar-refractivity contribution < 1.29 is 9.53 Å². The Labute approximate surface area is 143 Å². The molecule has 0 radical (unpaired) electrons. The molecule has 0 aromatic carbocycles. The van der Waals surface area contributed by atoms with Crippen LogP contribution in [0.1, 0.15) is 11.1 Å². The van der Waals surface area contributed by atoms with E-state index in [0.717, 1.165) is 5.56 Å². The summed E-state index contributed by atoms with van der Waals surface area (Å²) in [6.45, 7) is 4.02. The maximum absolute atomic E-state index is 13.0. The molecule has 0 unspecified atom stereocenters. The Morgan fingerprint density at radius 2 is 2.16 bits per heavy atom. The van der Waals surface area contributed by atoms with Crippen LogP contribution in [0.2, 0.25) is 0 Å². The predicted molar refractivity (Wildman–Crippen MR) is 92.0 cm³/mol. The van der Waals surface area contributed by atoms with Gasteiger partial charge in [-0.25, -0.2) is 4.98 Å². The van der Waals surface area contributed by atoms with E-state index < -0.39 is 5.91 Å². The van der Waals surface area contributed by atoms with E-state index in [1.807, 2.05) is 17.9 Å². The molecule has 8 nitrogen and oxygen atoms in total. The first kappa shape index (κ1) is 16.7. The molecule has 2 aromatic rings. The van der Waals surface area contributed by atoms with E-state index in [0.29, 0.717) is 37.8 Å². The number of fused-ring (bicyclic) bond motifs is 1. The molecule has 128 valence electrons. The minimum atomic E-state index is -0.885. The summed E-state index contributed by atoms with van der Waals surface area (Å²) in [4.78, 5) is 30.9. The number of carbonyl (C=O) groups is 1.